The summed E-state index contributed by atoms with van der Waals surface area (Å²) in [6, 6.07) is 8.70. The molecule has 0 N–H and O–H groups in total. The molecule has 0 bridgehead atoms. The maximum absolute atomic E-state index is 4.36. The van der Waals surface area contributed by atoms with Crippen molar-refractivity contribution in [2.75, 3.05) is 13.1 Å². The van der Waals surface area contributed by atoms with Crippen LogP contribution in [0, 0.1) is 0 Å². The molecule has 1 nitrogen and oxygen atoms in total. The first-order valence-corrected chi connectivity index (χ1v) is 5.54. The van der Waals surface area contributed by atoms with Gasteiger partial charge in [0, 0.05) is 17.6 Å². The van der Waals surface area contributed by atoms with E-state index in [-0.39, 0.29) is 0 Å². The number of hydrogen-bond donors (Lipinski definition) is 0. The average molecular weight is 239 g/mol. The van der Waals surface area contributed by atoms with Crippen LogP contribution in [0.4, 0.5) is 0 Å². The highest BCUT2D eigenvalue weighted by Gasteiger charge is 2.14. The first-order chi connectivity index (χ1) is 6.36. The molecule has 1 aromatic carbocycles. The van der Waals surface area contributed by atoms with E-state index in [4.69, 9.17) is 0 Å². The van der Waals surface area contributed by atoms with Gasteiger partial charge in [-0.15, -0.1) is 0 Å². The summed E-state index contributed by atoms with van der Waals surface area (Å²) in [7, 11) is 0. The van der Waals surface area contributed by atoms with Crippen LogP contribution >= 0.6 is 15.9 Å². The van der Waals surface area contributed by atoms with Crippen LogP contribution in [0.25, 0.3) is 0 Å². The first-order valence-electron chi connectivity index (χ1n) is 4.75. The van der Waals surface area contributed by atoms with Gasteiger partial charge in [0.15, 0.2) is 0 Å². The fourth-order valence-electron chi connectivity index (χ4n) is 1.82. The van der Waals surface area contributed by atoms with E-state index in [0.717, 1.165) is 23.5 Å². The molecule has 0 atom stereocenters. The molecule has 2 heteroatoms. The lowest BCUT2D eigenvalue weighted by molar-refractivity contribution is 0.453. The number of nitrogens with zero attached hydrogens (tertiary/aromatic N) is 1. The molecule has 2 rings (SSSR count). The van der Waals surface area contributed by atoms with Crippen molar-refractivity contribution in [1.82, 2.24) is 5.32 Å². The minimum atomic E-state index is 0.741. The van der Waals surface area contributed by atoms with E-state index in [9.17, 15) is 0 Å². The second kappa shape index (κ2) is 4.25. The molecule has 69 valence electrons. The molecule has 0 spiro atoms. The van der Waals surface area contributed by atoms with Gasteiger partial charge in [-0.1, -0.05) is 28.1 Å². The maximum atomic E-state index is 4.36. The molecule has 0 aromatic heterocycles. The Kier molecular flexibility index (Phi) is 3.01. The summed E-state index contributed by atoms with van der Waals surface area (Å²) < 4.78 is 1.16. The number of piperidine rings is 1. The molecular formula is C11H13BrN. The Hall–Kier alpha value is -0.340. The molecule has 13 heavy (non-hydrogen) atoms. The van der Waals surface area contributed by atoms with E-state index in [0.29, 0.717) is 0 Å². The lowest BCUT2D eigenvalue weighted by Gasteiger charge is -2.21. The molecule has 1 aromatic rings. The van der Waals surface area contributed by atoms with Crippen molar-refractivity contribution in [3.63, 3.8) is 0 Å². The Morgan fingerprint density at radius 2 is 1.69 bits per heavy atom. The Balaban J connectivity index is 2.10. The standard InChI is InChI=1S/C11H13BrN/c12-11-3-1-9(2-4-11)10-5-7-13-8-6-10/h1-4,10H,5-8H2. The fraction of sp³-hybridized carbons (Fsp3) is 0.455. The summed E-state index contributed by atoms with van der Waals surface area (Å²) in [5.41, 5.74) is 1.47. The number of halogens is 1. The molecular weight excluding hydrogens is 226 g/mol. The van der Waals surface area contributed by atoms with Gasteiger partial charge in [-0.25, -0.2) is 5.32 Å². The van der Waals surface area contributed by atoms with Crippen molar-refractivity contribution in [2.24, 2.45) is 0 Å². The number of hydrogen-bond acceptors (Lipinski definition) is 0. The summed E-state index contributed by atoms with van der Waals surface area (Å²) in [5.74, 6) is 0.741. The second-order valence-electron chi connectivity index (χ2n) is 3.50. The molecule has 0 amide bonds. The largest absolute Gasteiger partial charge is 0.242 e. The van der Waals surface area contributed by atoms with E-state index in [1.54, 1.807) is 0 Å². The monoisotopic (exact) mass is 238 g/mol. The summed E-state index contributed by atoms with van der Waals surface area (Å²) in [4.78, 5) is 0. The van der Waals surface area contributed by atoms with E-state index in [1.165, 1.54) is 18.4 Å². The zero-order valence-electron chi connectivity index (χ0n) is 7.54. The zero-order chi connectivity index (χ0) is 9.10. The minimum absolute atomic E-state index is 0.741. The van der Waals surface area contributed by atoms with Crippen LogP contribution in [0.2, 0.25) is 0 Å². The molecule has 1 aliphatic heterocycles. The molecule has 1 radical (unpaired) electrons. The normalized spacial score (nSPS) is 18.8. The Morgan fingerprint density at radius 1 is 1.08 bits per heavy atom. The van der Waals surface area contributed by atoms with Crippen molar-refractivity contribution < 1.29 is 0 Å². The molecule has 0 saturated carbocycles. The van der Waals surface area contributed by atoms with Gasteiger partial charge in [-0.2, -0.15) is 0 Å². The quantitative estimate of drug-likeness (QED) is 0.715. The third-order valence-electron chi connectivity index (χ3n) is 2.61. The van der Waals surface area contributed by atoms with Crippen LogP contribution in [0.5, 0.6) is 0 Å². The number of benzene rings is 1. The van der Waals surface area contributed by atoms with Crippen LogP contribution in [0.1, 0.15) is 24.3 Å². The zero-order valence-corrected chi connectivity index (χ0v) is 9.13. The molecule has 1 fully saturated rings. The molecule has 1 heterocycles. The average Bonchev–Trinajstić information content (AvgIpc) is 2.20. The summed E-state index contributed by atoms with van der Waals surface area (Å²) in [6.07, 6.45) is 2.45. The lowest BCUT2D eigenvalue weighted by atomic mass is 9.90. The number of rotatable bonds is 1. The molecule has 1 saturated heterocycles. The smallest absolute Gasteiger partial charge is 0.0175 e. The van der Waals surface area contributed by atoms with Crippen molar-refractivity contribution in [3.05, 3.63) is 34.3 Å². The molecule has 0 unspecified atom stereocenters. The van der Waals surface area contributed by atoms with Crippen LogP contribution in [0.3, 0.4) is 0 Å². The highest BCUT2D eigenvalue weighted by molar-refractivity contribution is 9.10. The second-order valence-corrected chi connectivity index (χ2v) is 4.41. The first kappa shape index (κ1) is 9.22. The summed E-state index contributed by atoms with van der Waals surface area (Å²) in [5, 5.41) is 4.36. The Labute approximate surface area is 87.7 Å². The van der Waals surface area contributed by atoms with Gasteiger partial charge in [0.25, 0.3) is 0 Å². The van der Waals surface area contributed by atoms with Crippen molar-refractivity contribution in [3.8, 4) is 0 Å². The van der Waals surface area contributed by atoms with E-state index < -0.39 is 0 Å². The van der Waals surface area contributed by atoms with E-state index in [1.807, 2.05) is 0 Å². The van der Waals surface area contributed by atoms with Gasteiger partial charge in [0.05, 0.1) is 0 Å². The summed E-state index contributed by atoms with van der Waals surface area (Å²) >= 11 is 3.45. The predicted octanol–water partition coefficient (Wildman–Crippen LogP) is 2.93. The predicted molar refractivity (Wildman–Crippen MR) is 58.0 cm³/mol. The van der Waals surface area contributed by atoms with Crippen molar-refractivity contribution in [1.29, 1.82) is 0 Å². The highest BCUT2D eigenvalue weighted by atomic mass is 79.9. The minimum Gasteiger partial charge on any atom is -0.242 e. The third kappa shape index (κ3) is 2.32. The van der Waals surface area contributed by atoms with Gasteiger partial charge >= 0.3 is 0 Å². The SMILES string of the molecule is Brc1ccc(C2CC[N]CC2)cc1. The van der Waals surface area contributed by atoms with Crippen molar-refractivity contribution in [2.45, 2.75) is 18.8 Å². The molecule has 0 aliphatic carbocycles. The van der Waals surface area contributed by atoms with Gasteiger partial charge in [-0.05, 0) is 36.5 Å². The highest BCUT2D eigenvalue weighted by Crippen LogP contribution is 2.26. The summed E-state index contributed by atoms with van der Waals surface area (Å²) in [6.45, 7) is 2.08. The van der Waals surface area contributed by atoms with Crippen LogP contribution in [-0.4, -0.2) is 13.1 Å². The van der Waals surface area contributed by atoms with Gasteiger partial charge in [0.2, 0.25) is 0 Å². The van der Waals surface area contributed by atoms with E-state index >= 15 is 0 Å². The third-order valence-corrected chi connectivity index (χ3v) is 3.14. The van der Waals surface area contributed by atoms with Crippen molar-refractivity contribution >= 4 is 15.9 Å². The fourth-order valence-corrected chi connectivity index (χ4v) is 2.08. The Bertz CT molecular complexity index is 262. The van der Waals surface area contributed by atoms with Crippen LogP contribution in [0.15, 0.2) is 28.7 Å². The van der Waals surface area contributed by atoms with E-state index in [2.05, 4.69) is 45.5 Å². The van der Waals surface area contributed by atoms with Gasteiger partial charge in [0.1, 0.15) is 0 Å². The van der Waals surface area contributed by atoms with Gasteiger partial charge < -0.3 is 0 Å². The van der Waals surface area contributed by atoms with Crippen LogP contribution in [-0.2, 0) is 0 Å². The lowest BCUT2D eigenvalue weighted by Crippen LogP contribution is -2.20. The Morgan fingerprint density at radius 3 is 2.31 bits per heavy atom. The molecule has 1 aliphatic rings. The maximum Gasteiger partial charge on any atom is 0.0175 e. The topological polar surface area (TPSA) is 14.1 Å². The van der Waals surface area contributed by atoms with Crippen LogP contribution < -0.4 is 5.32 Å². The van der Waals surface area contributed by atoms with Gasteiger partial charge in [-0.3, -0.25) is 0 Å².